The largest absolute Gasteiger partial charge is 0.453 e. The molecule has 1 fully saturated rings. The number of methoxy groups -OCH3 is 1. The fraction of sp³-hybridized carbons (Fsp3) is 0.292. The van der Waals surface area contributed by atoms with Crippen molar-refractivity contribution in [3.63, 3.8) is 0 Å². The van der Waals surface area contributed by atoms with E-state index in [0.29, 0.717) is 31.6 Å². The van der Waals surface area contributed by atoms with E-state index in [0.717, 1.165) is 6.07 Å². The van der Waals surface area contributed by atoms with Crippen molar-refractivity contribution in [2.24, 2.45) is 0 Å². The van der Waals surface area contributed by atoms with E-state index in [1.165, 1.54) is 29.5 Å². The summed E-state index contributed by atoms with van der Waals surface area (Å²) in [5, 5.41) is 6.30. The molecule has 0 saturated carbocycles. The third kappa shape index (κ3) is 4.14. The number of piperidine rings is 1. The van der Waals surface area contributed by atoms with Crippen molar-refractivity contribution < 1.29 is 27.6 Å². The van der Waals surface area contributed by atoms with Crippen LogP contribution in [0.4, 0.5) is 19.3 Å². The summed E-state index contributed by atoms with van der Waals surface area (Å²) in [6, 6.07) is 6.17. The van der Waals surface area contributed by atoms with Gasteiger partial charge in [0.1, 0.15) is 17.2 Å². The van der Waals surface area contributed by atoms with Crippen LogP contribution >= 0.6 is 0 Å². The molecule has 5 rings (SSSR count). The van der Waals surface area contributed by atoms with Crippen LogP contribution in [-0.2, 0) is 4.74 Å². The maximum absolute atomic E-state index is 15.6. The number of hydrogen-bond donors (Lipinski definition) is 1. The van der Waals surface area contributed by atoms with Gasteiger partial charge < -0.3 is 19.5 Å². The number of hydrogen-bond acceptors (Lipinski definition) is 7. The van der Waals surface area contributed by atoms with Crippen molar-refractivity contribution in [2.75, 3.05) is 25.5 Å². The van der Waals surface area contributed by atoms with Crippen LogP contribution in [0, 0.1) is 18.6 Å². The van der Waals surface area contributed by atoms with Crippen LogP contribution in [0.3, 0.4) is 0 Å². The Morgan fingerprint density at radius 3 is 2.92 bits per heavy atom. The molecule has 1 N–H and O–H groups in total. The average Bonchev–Trinajstić information content (AvgIpc) is 3.56. The first kappa shape index (κ1) is 23.4. The summed E-state index contributed by atoms with van der Waals surface area (Å²) in [5.74, 6) is -2.54. The number of anilines is 1. The van der Waals surface area contributed by atoms with Gasteiger partial charge in [0, 0.05) is 24.8 Å². The molecular formula is C24H22F2N6O4. The van der Waals surface area contributed by atoms with Crippen LogP contribution < -0.4 is 5.32 Å². The number of pyridine rings is 1. The quantitative estimate of drug-likeness (QED) is 0.451. The first-order chi connectivity index (χ1) is 17.4. The number of halogens is 2. The van der Waals surface area contributed by atoms with Crippen LogP contribution in [0.5, 0.6) is 0 Å². The number of carbonyl (C=O) groups excluding carboxylic acids is 2. The molecule has 0 unspecified atom stereocenters. The minimum absolute atomic E-state index is 0.0804. The Bertz CT molecular complexity index is 1470. The Balaban J connectivity index is 1.44. The third-order valence-corrected chi connectivity index (χ3v) is 6.23. The summed E-state index contributed by atoms with van der Waals surface area (Å²) >= 11 is 0. The van der Waals surface area contributed by atoms with Crippen LogP contribution in [0.25, 0.3) is 17.0 Å². The monoisotopic (exact) mass is 496 g/mol. The average molecular weight is 496 g/mol. The second-order valence-electron chi connectivity index (χ2n) is 8.46. The van der Waals surface area contributed by atoms with E-state index in [1.807, 2.05) is 0 Å². The lowest BCUT2D eigenvalue weighted by Crippen LogP contribution is -2.39. The summed E-state index contributed by atoms with van der Waals surface area (Å²) in [6.45, 7) is 2.20. The number of amides is 2. The summed E-state index contributed by atoms with van der Waals surface area (Å²) in [5.41, 5.74) is 0.0178. The summed E-state index contributed by atoms with van der Waals surface area (Å²) in [7, 11) is 1.30. The molecule has 0 aliphatic carbocycles. The fourth-order valence-corrected chi connectivity index (χ4v) is 4.29. The van der Waals surface area contributed by atoms with Crippen molar-refractivity contribution in [2.45, 2.75) is 25.7 Å². The highest BCUT2D eigenvalue weighted by Gasteiger charge is 2.30. The Labute approximate surface area is 203 Å². The highest BCUT2D eigenvalue weighted by molar-refractivity contribution is 6.04. The lowest BCUT2D eigenvalue weighted by molar-refractivity contribution is 0.102. The zero-order chi connectivity index (χ0) is 25.4. The number of aromatic nitrogens is 4. The molecule has 2 amide bonds. The summed E-state index contributed by atoms with van der Waals surface area (Å²) < 4.78 is 42.1. The molecule has 1 saturated heterocycles. The van der Waals surface area contributed by atoms with Gasteiger partial charge in [0.25, 0.3) is 5.91 Å². The Morgan fingerprint density at radius 2 is 2.11 bits per heavy atom. The second-order valence-corrected chi connectivity index (χ2v) is 8.46. The highest BCUT2D eigenvalue weighted by Crippen LogP contribution is 2.33. The number of fused-ring (bicyclic) bond motifs is 1. The van der Waals surface area contributed by atoms with Gasteiger partial charge in [-0.2, -0.15) is 4.98 Å². The minimum Gasteiger partial charge on any atom is -0.453 e. The topological polar surface area (TPSA) is 115 Å². The molecule has 1 aliphatic rings. The van der Waals surface area contributed by atoms with Gasteiger partial charge in [-0.05, 0) is 38.0 Å². The van der Waals surface area contributed by atoms with Gasteiger partial charge in [-0.15, -0.1) is 0 Å². The zero-order valence-corrected chi connectivity index (χ0v) is 19.5. The van der Waals surface area contributed by atoms with Crippen LogP contribution in [0.15, 0.2) is 41.2 Å². The van der Waals surface area contributed by atoms with E-state index >= 15 is 4.39 Å². The second kappa shape index (κ2) is 9.36. The smallest absolute Gasteiger partial charge is 0.409 e. The maximum atomic E-state index is 15.6. The number of nitrogens with zero attached hydrogens (tertiary/aromatic N) is 5. The van der Waals surface area contributed by atoms with Gasteiger partial charge in [0.2, 0.25) is 11.7 Å². The van der Waals surface area contributed by atoms with Crippen molar-refractivity contribution in [1.29, 1.82) is 0 Å². The molecule has 1 aromatic carbocycles. The molecular weight excluding hydrogens is 474 g/mol. The predicted molar refractivity (Wildman–Crippen MR) is 123 cm³/mol. The van der Waals surface area contributed by atoms with Gasteiger partial charge in [-0.25, -0.2) is 18.6 Å². The number of benzene rings is 1. The first-order valence-electron chi connectivity index (χ1n) is 11.3. The molecule has 1 aliphatic heterocycles. The Morgan fingerprint density at radius 1 is 1.28 bits per heavy atom. The number of ether oxygens (including phenoxy) is 1. The molecule has 186 valence electrons. The molecule has 12 heteroatoms. The van der Waals surface area contributed by atoms with Gasteiger partial charge in [0.05, 0.1) is 30.5 Å². The van der Waals surface area contributed by atoms with Crippen LogP contribution in [-0.4, -0.2) is 56.6 Å². The lowest BCUT2D eigenvalue weighted by Gasteiger charge is -2.29. The van der Waals surface area contributed by atoms with E-state index in [2.05, 4.69) is 20.4 Å². The van der Waals surface area contributed by atoms with Crippen molar-refractivity contribution >= 4 is 23.3 Å². The minimum atomic E-state index is -0.900. The molecule has 0 radical (unpaired) electrons. The van der Waals surface area contributed by atoms with Crippen molar-refractivity contribution in [3.8, 4) is 11.4 Å². The predicted octanol–water partition coefficient (Wildman–Crippen LogP) is 4.17. The molecule has 10 nitrogen and oxygen atoms in total. The van der Waals surface area contributed by atoms with Crippen molar-refractivity contribution in [3.05, 3.63) is 65.4 Å². The summed E-state index contributed by atoms with van der Waals surface area (Å²) in [6.07, 6.45) is 3.92. The van der Waals surface area contributed by atoms with Gasteiger partial charge >= 0.3 is 6.09 Å². The van der Waals surface area contributed by atoms with E-state index in [4.69, 9.17) is 9.26 Å². The molecule has 4 aromatic rings. The summed E-state index contributed by atoms with van der Waals surface area (Å²) in [4.78, 5) is 34.7. The Hall–Kier alpha value is -4.35. The van der Waals surface area contributed by atoms with E-state index < -0.39 is 23.6 Å². The Kier molecular flexibility index (Phi) is 6.08. The lowest BCUT2D eigenvalue weighted by atomic mass is 9.98. The maximum Gasteiger partial charge on any atom is 0.409 e. The zero-order valence-electron chi connectivity index (χ0n) is 19.5. The third-order valence-electron chi connectivity index (χ3n) is 6.23. The number of nitrogens with one attached hydrogen (secondary N) is 1. The molecule has 0 spiro atoms. The molecule has 4 heterocycles. The normalized spacial score (nSPS) is 15.8. The SMILES string of the molecule is COC(=O)N1CCC[C@@H](c2nc(-c3cc(F)c(C)c(NC(=O)c4cnc5ccccn45)c3F)no2)C1. The molecule has 36 heavy (non-hydrogen) atoms. The van der Waals surface area contributed by atoms with Crippen molar-refractivity contribution in [1.82, 2.24) is 24.4 Å². The molecule has 3 aromatic heterocycles. The standard InChI is InChI=1S/C24H22F2N6O4/c1-13-16(25)10-15(21-29-23(36-30-21)14-6-5-8-31(12-14)24(34)35-2)19(26)20(13)28-22(33)17-11-27-18-7-3-4-9-32(17)18/h3-4,7,9-11,14H,5-6,8,12H2,1-2H3,(H,28,33)/t14-/m1/s1. The number of likely N-dealkylation sites (tertiary alicyclic amines) is 1. The highest BCUT2D eigenvalue weighted by atomic mass is 19.1. The van der Waals surface area contributed by atoms with Gasteiger partial charge in [0.15, 0.2) is 5.82 Å². The van der Waals surface area contributed by atoms with E-state index in [-0.39, 0.29) is 40.1 Å². The van der Waals surface area contributed by atoms with E-state index in [1.54, 1.807) is 24.4 Å². The molecule has 0 bridgehead atoms. The van der Waals surface area contributed by atoms with Gasteiger partial charge in [-0.3, -0.25) is 9.20 Å². The number of imidazole rings is 1. The fourth-order valence-electron chi connectivity index (χ4n) is 4.29. The van der Waals surface area contributed by atoms with Crippen LogP contribution in [0.2, 0.25) is 0 Å². The van der Waals surface area contributed by atoms with E-state index in [9.17, 15) is 14.0 Å². The first-order valence-corrected chi connectivity index (χ1v) is 11.3. The number of carbonyl (C=O) groups is 2. The van der Waals surface area contributed by atoms with Gasteiger partial charge in [-0.1, -0.05) is 11.2 Å². The number of rotatable bonds is 4. The van der Waals surface area contributed by atoms with Crippen LogP contribution in [0.1, 0.15) is 40.7 Å². The molecule has 1 atom stereocenters.